The van der Waals surface area contributed by atoms with Gasteiger partial charge in [0.15, 0.2) is 6.29 Å². The van der Waals surface area contributed by atoms with E-state index in [1.165, 1.54) is 0 Å². The van der Waals surface area contributed by atoms with E-state index in [1.54, 1.807) is 18.2 Å². The molecule has 0 aliphatic rings. The number of hydrogen-bond donors (Lipinski definition) is 2. The summed E-state index contributed by atoms with van der Waals surface area (Å²) in [6.45, 7) is 3.56. The second kappa shape index (κ2) is 5.84. The number of nitrogens with one attached hydrogen (secondary N) is 1. The lowest BCUT2D eigenvalue weighted by atomic mass is 10.0. The van der Waals surface area contributed by atoms with Crippen LogP contribution in [0.15, 0.2) is 54.9 Å². The first-order chi connectivity index (χ1) is 9.63. The molecule has 2 aromatic carbocycles. The summed E-state index contributed by atoms with van der Waals surface area (Å²) in [5.41, 5.74) is 9.09. The van der Waals surface area contributed by atoms with Gasteiger partial charge in [-0.1, -0.05) is 36.9 Å². The normalized spacial score (nSPS) is 9.80. The van der Waals surface area contributed by atoms with Crippen molar-refractivity contribution in [2.24, 2.45) is 5.73 Å². The van der Waals surface area contributed by atoms with Crippen LogP contribution < -0.4 is 11.1 Å². The fourth-order valence-corrected chi connectivity index (χ4v) is 1.87. The molecule has 0 saturated heterocycles. The summed E-state index contributed by atoms with van der Waals surface area (Å²) in [4.78, 5) is 21.6. The lowest BCUT2D eigenvalue weighted by Crippen LogP contribution is -2.08. The summed E-state index contributed by atoms with van der Waals surface area (Å²) in [7, 11) is 0. The number of hydrogen-bond acceptors (Lipinski definition) is 4. The van der Waals surface area contributed by atoms with Gasteiger partial charge in [-0.05, 0) is 23.3 Å². The van der Waals surface area contributed by atoms with Crippen LogP contribution in [0, 0.1) is 0 Å². The Balaban J connectivity index is 2.43. The molecule has 0 atom stereocenters. The van der Waals surface area contributed by atoms with Gasteiger partial charge in [0, 0.05) is 11.1 Å². The monoisotopic (exact) mass is 266 g/mol. The third kappa shape index (κ3) is 2.92. The van der Waals surface area contributed by atoms with Crippen LogP contribution in [0.25, 0.3) is 11.1 Å². The van der Waals surface area contributed by atoms with E-state index in [9.17, 15) is 9.59 Å². The van der Waals surface area contributed by atoms with Crippen molar-refractivity contribution in [1.82, 2.24) is 0 Å². The molecule has 0 fully saturated rings. The second-order valence-electron chi connectivity index (χ2n) is 4.31. The molecule has 0 saturated carbocycles. The Kier molecular flexibility index (Phi) is 3.96. The SMILES string of the molecule is C=C(N)Nc1cc(-c2ccc(C=O)cc2)ccc1C=O. The Labute approximate surface area is 116 Å². The molecule has 0 radical (unpaired) electrons. The van der Waals surface area contributed by atoms with Crippen molar-refractivity contribution in [3.05, 3.63) is 66.0 Å². The Bertz CT molecular complexity index is 661. The number of benzene rings is 2. The van der Waals surface area contributed by atoms with Crippen LogP contribution in [0.3, 0.4) is 0 Å². The Hall–Kier alpha value is -2.88. The number of anilines is 1. The fraction of sp³-hybridized carbons (Fsp3) is 0. The van der Waals surface area contributed by atoms with Crippen molar-refractivity contribution in [1.29, 1.82) is 0 Å². The van der Waals surface area contributed by atoms with E-state index in [2.05, 4.69) is 11.9 Å². The molecule has 0 aliphatic carbocycles. The molecule has 0 bridgehead atoms. The predicted octanol–water partition coefficient (Wildman–Crippen LogP) is 2.82. The van der Waals surface area contributed by atoms with Gasteiger partial charge in [0.25, 0.3) is 0 Å². The number of rotatable bonds is 5. The molecule has 20 heavy (non-hydrogen) atoms. The van der Waals surface area contributed by atoms with Crippen LogP contribution >= 0.6 is 0 Å². The molecule has 0 unspecified atom stereocenters. The number of aldehydes is 2. The van der Waals surface area contributed by atoms with Crippen molar-refractivity contribution in [2.45, 2.75) is 0 Å². The van der Waals surface area contributed by atoms with Gasteiger partial charge < -0.3 is 11.1 Å². The van der Waals surface area contributed by atoms with Crippen LogP contribution in [-0.2, 0) is 0 Å². The zero-order valence-electron chi connectivity index (χ0n) is 10.8. The summed E-state index contributed by atoms with van der Waals surface area (Å²) in [5, 5.41) is 2.85. The van der Waals surface area contributed by atoms with E-state index < -0.39 is 0 Å². The van der Waals surface area contributed by atoms with Gasteiger partial charge in [-0.25, -0.2) is 0 Å². The first-order valence-corrected chi connectivity index (χ1v) is 6.00. The molecule has 0 aromatic heterocycles. The summed E-state index contributed by atoms with van der Waals surface area (Å²) >= 11 is 0. The first kappa shape index (κ1) is 13.5. The Morgan fingerprint density at radius 3 is 2.20 bits per heavy atom. The molecule has 4 nitrogen and oxygen atoms in total. The zero-order chi connectivity index (χ0) is 14.5. The molecule has 2 rings (SSSR count). The minimum Gasteiger partial charge on any atom is -0.386 e. The standard InChI is InChI=1S/C16H14N2O2/c1-11(17)18-16-8-14(6-7-15(16)10-20)13-4-2-12(9-19)3-5-13/h2-10,18H,1,17H2. The molecule has 0 heterocycles. The molecule has 4 heteroatoms. The summed E-state index contributed by atoms with van der Waals surface area (Å²) in [6.07, 6.45) is 1.55. The molecule has 2 aromatic rings. The molecular formula is C16H14N2O2. The van der Waals surface area contributed by atoms with E-state index in [0.717, 1.165) is 23.7 Å². The maximum Gasteiger partial charge on any atom is 0.152 e. The maximum absolute atomic E-state index is 11.0. The minimum absolute atomic E-state index is 0.265. The highest BCUT2D eigenvalue weighted by Crippen LogP contribution is 2.25. The van der Waals surface area contributed by atoms with Gasteiger partial charge in [0.2, 0.25) is 0 Å². The van der Waals surface area contributed by atoms with E-state index in [1.807, 2.05) is 24.3 Å². The summed E-state index contributed by atoms with van der Waals surface area (Å²) in [5.74, 6) is 0.265. The van der Waals surface area contributed by atoms with E-state index in [-0.39, 0.29) is 5.82 Å². The molecule has 0 amide bonds. The highest BCUT2D eigenvalue weighted by atomic mass is 16.1. The van der Waals surface area contributed by atoms with E-state index in [0.29, 0.717) is 16.8 Å². The van der Waals surface area contributed by atoms with Crippen LogP contribution in [0.5, 0.6) is 0 Å². The average Bonchev–Trinajstić information content (AvgIpc) is 2.46. The highest BCUT2D eigenvalue weighted by Gasteiger charge is 2.05. The second-order valence-corrected chi connectivity index (χ2v) is 4.31. The van der Waals surface area contributed by atoms with Crippen LogP contribution in [-0.4, -0.2) is 12.6 Å². The Morgan fingerprint density at radius 2 is 1.65 bits per heavy atom. The van der Waals surface area contributed by atoms with E-state index in [4.69, 9.17) is 5.73 Å². The third-order valence-electron chi connectivity index (χ3n) is 2.86. The Morgan fingerprint density at radius 1 is 1.00 bits per heavy atom. The first-order valence-electron chi connectivity index (χ1n) is 6.00. The van der Waals surface area contributed by atoms with E-state index >= 15 is 0 Å². The van der Waals surface area contributed by atoms with Crippen molar-refractivity contribution < 1.29 is 9.59 Å². The topological polar surface area (TPSA) is 72.2 Å². The molecule has 100 valence electrons. The lowest BCUT2D eigenvalue weighted by Gasteiger charge is -2.10. The van der Waals surface area contributed by atoms with Crippen molar-refractivity contribution >= 4 is 18.3 Å². The quantitative estimate of drug-likeness (QED) is 0.816. The molecule has 0 spiro atoms. The van der Waals surface area contributed by atoms with Gasteiger partial charge in [-0.15, -0.1) is 0 Å². The smallest absolute Gasteiger partial charge is 0.152 e. The molecule has 3 N–H and O–H groups in total. The predicted molar refractivity (Wildman–Crippen MR) is 79.6 cm³/mol. The minimum atomic E-state index is 0.265. The zero-order valence-corrected chi connectivity index (χ0v) is 10.8. The summed E-state index contributed by atoms with van der Waals surface area (Å²) < 4.78 is 0. The van der Waals surface area contributed by atoms with Gasteiger partial charge in [-0.3, -0.25) is 9.59 Å². The van der Waals surface area contributed by atoms with Gasteiger partial charge in [0.1, 0.15) is 6.29 Å². The largest absolute Gasteiger partial charge is 0.386 e. The maximum atomic E-state index is 11.0. The third-order valence-corrected chi connectivity index (χ3v) is 2.86. The number of carbonyl (C=O) groups excluding carboxylic acids is 2. The highest BCUT2D eigenvalue weighted by molar-refractivity contribution is 5.87. The van der Waals surface area contributed by atoms with Crippen molar-refractivity contribution in [2.75, 3.05) is 5.32 Å². The number of nitrogens with two attached hydrogens (primary N) is 1. The fourth-order valence-electron chi connectivity index (χ4n) is 1.87. The molecular weight excluding hydrogens is 252 g/mol. The van der Waals surface area contributed by atoms with Crippen LogP contribution in [0.2, 0.25) is 0 Å². The van der Waals surface area contributed by atoms with Crippen molar-refractivity contribution in [3.63, 3.8) is 0 Å². The van der Waals surface area contributed by atoms with Gasteiger partial charge in [-0.2, -0.15) is 0 Å². The van der Waals surface area contributed by atoms with Crippen LogP contribution in [0.1, 0.15) is 20.7 Å². The van der Waals surface area contributed by atoms with Gasteiger partial charge in [0.05, 0.1) is 11.5 Å². The number of carbonyl (C=O) groups is 2. The van der Waals surface area contributed by atoms with Crippen molar-refractivity contribution in [3.8, 4) is 11.1 Å². The van der Waals surface area contributed by atoms with Crippen LogP contribution in [0.4, 0.5) is 5.69 Å². The average molecular weight is 266 g/mol. The molecule has 0 aliphatic heterocycles. The van der Waals surface area contributed by atoms with Gasteiger partial charge >= 0.3 is 0 Å². The lowest BCUT2D eigenvalue weighted by molar-refractivity contribution is 0.111. The summed E-state index contributed by atoms with van der Waals surface area (Å²) in [6, 6.07) is 12.5.